The van der Waals surface area contributed by atoms with Crippen LogP contribution in [0.4, 0.5) is 0 Å². The number of hydrogen-bond acceptors (Lipinski definition) is 4. The molecule has 37 heavy (non-hydrogen) atoms. The number of rotatable bonds is 6. The molecule has 0 radical (unpaired) electrons. The van der Waals surface area contributed by atoms with Gasteiger partial charge in [0.25, 0.3) is 0 Å². The Balaban J connectivity index is 0.000000221. The largest absolute Gasteiger partial charge is 0.759 e. The second-order valence-corrected chi connectivity index (χ2v) is 11.7. The lowest BCUT2D eigenvalue weighted by molar-refractivity contribution is -0.926. The first kappa shape index (κ1) is 30.9. The van der Waals surface area contributed by atoms with E-state index < -0.39 is 10.4 Å². The van der Waals surface area contributed by atoms with Gasteiger partial charge in [0.2, 0.25) is 0 Å². The van der Waals surface area contributed by atoms with Crippen molar-refractivity contribution in [3.8, 4) is 0 Å². The van der Waals surface area contributed by atoms with Crippen molar-refractivity contribution in [1.82, 2.24) is 0 Å². The zero-order valence-corrected chi connectivity index (χ0v) is 23.4. The SMILES string of the molecule is C=Cc1ccc(C[N+]2(C)CCCCC2)cc1.C=Cc1ccc(C[N+]2(C)CCCCC2)cc1.O=S(=O)([O-])[O-]. The zero-order valence-electron chi connectivity index (χ0n) is 22.6. The molecule has 204 valence electrons. The topological polar surface area (TPSA) is 80.3 Å². The Kier molecular flexibility index (Phi) is 12.2. The Morgan fingerprint density at radius 2 is 0.919 bits per heavy atom. The van der Waals surface area contributed by atoms with Crippen LogP contribution >= 0.6 is 0 Å². The first-order valence-corrected chi connectivity index (χ1v) is 14.5. The normalized spacial score (nSPS) is 18.3. The summed E-state index contributed by atoms with van der Waals surface area (Å²) in [4.78, 5) is 0. The molecule has 7 heteroatoms. The minimum absolute atomic E-state index is 1.18. The molecule has 2 aliphatic heterocycles. The van der Waals surface area contributed by atoms with E-state index >= 15 is 0 Å². The van der Waals surface area contributed by atoms with Crippen molar-refractivity contribution in [2.45, 2.75) is 51.6 Å². The van der Waals surface area contributed by atoms with Crippen molar-refractivity contribution in [3.63, 3.8) is 0 Å². The molecule has 0 aromatic heterocycles. The van der Waals surface area contributed by atoms with E-state index in [-0.39, 0.29) is 0 Å². The maximum Gasteiger partial charge on any atom is 0.104 e. The molecule has 2 heterocycles. The highest BCUT2D eigenvalue weighted by Crippen LogP contribution is 2.21. The van der Waals surface area contributed by atoms with Crippen molar-refractivity contribution in [1.29, 1.82) is 0 Å². The van der Waals surface area contributed by atoms with Crippen molar-refractivity contribution in [2.75, 3.05) is 40.3 Å². The Morgan fingerprint density at radius 1 is 0.649 bits per heavy atom. The number of benzene rings is 2. The Morgan fingerprint density at radius 3 is 1.16 bits per heavy atom. The molecular formula is C30H44N2O4S. The van der Waals surface area contributed by atoms with Crippen molar-refractivity contribution >= 4 is 22.6 Å². The molecule has 0 aliphatic carbocycles. The molecule has 2 aliphatic rings. The summed E-state index contributed by atoms with van der Waals surface area (Å²) in [7, 11) is -0.388. The van der Waals surface area contributed by atoms with Crippen LogP contribution in [-0.2, 0) is 23.5 Å². The van der Waals surface area contributed by atoms with Crippen molar-refractivity contribution in [3.05, 3.63) is 83.9 Å². The van der Waals surface area contributed by atoms with E-state index in [2.05, 4.69) is 75.8 Å². The molecule has 0 spiro atoms. The van der Waals surface area contributed by atoms with E-state index in [0.29, 0.717) is 0 Å². The summed E-state index contributed by atoms with van der Waals surface area (Å²) in [5.74, 6) is 0. The van der Waals surface area contributed by atoms with Crippen molar-refractivity contribution < 1.29 is 26.5 Å². The van der Waals surface area contributed by atoms with Crippen LogP contribution < -0.4 is 0 Å². The number of quaternary nitrogens is 2. The van der Waals surface area contributed by atoms with Crippen LogP contribution in [0.25, 0.3) is 12.2 Å². The van der Waals surface area contributed by atoms with E-state index in [1.165, 1.54) is 109 Å². The molecule has 0 unspecified atom stereocenters. The van der Waals surface area contributed by atoms with Crippen LogP contribution in [0.3, 0.4) is 0 Å². The van der Waals surface area contributed by atoms with Gasteiger partial charge in [0.15, 0.2) is 0 Å². The predicted molar refractivity (Wildman–Crippen MR) is 150 cm³/mol. The van der Waals surface area contributed by atoms with E-state index in [1.54, 1.807) is 0 Å². The molecular weight excluding hydrogens is 484 g/mol. The average Bonchev–Trinajstić information content (AvgIpc) is 2.85. The van der Waals surface area contributed by atoms with Crippen LogP contribution in [0.1, 0.15) is 60.8 Å². The van der Waals surface area contributed by atoms with Gasteiger partial charge in [-0.25, -0.2) is 0 Å². The third-order valence-corrected chi connectivity index (χ3v) is 7.35. The second kappa shape index (κ2) is 14.6. The lowest BCUT2D eigenvalue weighted by atomic mass is 10.1. The Bertz CT molecular complexity index is 986. The van der Waals surface area contributed by atoms with E-state index in [1.807, 2.05) is 12.2 Å². The van der Waals surface area contributed by atoms with Gasteiger partial charge in [0.05, 0.1) is 40.3 Å². The summed E-state index contributed by atoms with van der Waals surface area (Å²) in [5, 5.41) is 0. The minimum Gasteiger partial charge on any atom is -0.759 e. The number of piperidine rings is 2. The van der Waals surface area contributed by atoms with Crippen LogP contribution in [0, 0.1) is 0 Å². The molecule has 0 amide bonds. The maximum absolute atomic E-state index is 8.52. The highest BCUT2D eigenvalue weighted by molar-refractivity contribution is 7.79. The minimum atomic E-state index is -5.17. The monoisotopic (exact) mass is 528 g/mol. The standard InChI is InChI=1S/2C15H22N.H2O4S/c2*1-3-14-7-9-15(10-8-14)13-16(2)11-5-4-6-12-16;1-5(2,3)4/h2*3,7-10H,1,4-6,11-13H2,2H3;(H2,1,2,3,4)/q2*+1;/p-2. The van der Waals surface area contributed by atoms with Crippen LogP contribution in [-0.4, -0.2) is 66.8 Å². The molecule has 2 saturated heterocycles. The second-order valence-electron chi connectivity index (χ2n) is 10.9. The Hall–Kier alpha value is -2.29. The molecule has 0 N–H and O–H groups in total. The molecule has 2 aromatic carbocycles. The summed E-state index contributed by atoms with van der Waals surface area (Å²) in [6, 6.07) is 17.6. The fourth-order valence-corrected chi connectivity index (χ4v) is 5.27. The van der Waals surface area contributed by atoms with Crippen molar-refractivity contribution in [2.24, 2.45) is 0 Å². The first-order chi connectivity index (χ1) is 17.4. The lowest BCUT2D eigenvalue weighted by Crippen LogP contribution is -2.46. The van der Waals surface area contributed by atoms with Crippen LogP contribution in [0.15, 0.2) is 61.7 Å². The lowest BCUT2D eigenvalue weighted by Gasteiger charge is -2.37. The summed E-state index contributed by atoms with van der Waals surface area (Å²) >= 11 is 0. The summed E-state index contributed by atoms with van der Waals surface area (Å²) in [6.45, 7) is 15.3. The van der Waals surface area contributed by atoms with Crippen LogP contribution in [0.2, 0.25) is 0 Å². The number of likely N-dealkylation sites (tertiary alicyclic amines) is 2. The fourth-order valence-electron chi connectivity index (χ4n) is 5.27. The molecule has 6 nitrogen and oxygen atoms in total. The van der Waals surface area contributed by atoms with Gasteiger partial charge in [-0.2, -0.15) is 0 Å². The van der Waals surface area contributed by atoms with E-state index in [4.69, 9.17) is 17.5 Å². The molecule has 4 rings (SSSR count). The van der Waals surface area contributed by atoms with Gasteiger partial charge >= 0.3 is 0 Å². The van der Waals surface area contributed by atoms with Gasteiger partial charge < -0.3 is 18.1 Å². The van der Waals surface area contributed by atoms with Gasteiger partial charge in [-0.3, -0.25) is 8.42 Å². The maximum atomic E-state index is 8.52. The molecule has 2 fully saturated rings. The summed E-state index contributed by atoms with van der Waals surface area (Å²) < 4.78 is 36.5. The Labute approximate surface area is 224 Å². The molecule has 0 atom stereocenters. The predicted octanol–water partition coefficient (Wildman–Crippen LogP) is 5.58. The zero-order chi connectivity index (χ0) is 27.4. The summed E-state index contributed by atoms with van der Waals surface area (Å²) in [6.07, 6.45) is 12.2. The summed E-state index contributed by atoms with van der Waals surface area (Å²) in [5.41, 5.74) is 5.33. The smallest absolute Gasteiger partial charge is 0.104 e. The average molecular weight is 529 g/mol. The van der Waals surface area contributed by atoms with Gasteiger partial charge in [-0.15, -0.1) is 0 Å². The van der Waals surface area contributed by atoms with Gasteiger partial charge in [0.1, 0.15) is 13.1 Å². The number of hydrogen-bond donors (Lipinski definition) is 0. The third-order valence-electron chi connectivity index (χ3n) is 7.35. The molecule has 0 saturated carbocycles. The van der Waals surface area contributed by atoms with E-state index in [9.17, 15) is 0 Å². The number of nitrogens with zero attached hydrogens (tertiary/aromatic N) is 2. The third kappa shape index (κ3) is 12.7. The first-order valence-electron chi connectivity index (χ1n) is 13.2. The van der Waals surface area contributed by atoms with Gasteiger partial charge in [-0.1, -0.05) is 73.8 Å². The van der Waals surface area contributed by atoms with Gasteiger partial charge in [-0.05, 0) is 49.7 Å². The van der Waals surface area contributed by atoms with E-state index in [0.717, 1.165) is 0 Å². The van der Waals surface area contributed by atoms with Gasteiger partial charge in [0, 0.05) is 21.5 Å². The highest BCUT2D eigenvalue weighted by atomic mass is 32.3. The highest BCUT2D eigenvalue weighted by Gasteiger charge is 2.25. The quantitative estimate of drug-likeness (QED) is 0.278. The fraction of sp³-hybridized carbons (Fsp3) is 0.467. The molecule has 2 aromatic rings. The molecule has 0 bridgehead atoms. The van der Waals surface area contributed by atoms with Crippen LogP contribution in [0.5, 0.6) is 0 Å².